The summed E-state index contributed by atoms with van der Waals surface area (Å²) in [4.78, 5) is 12.2. The molecule has 1 amide bonds. The summed E-state index contributed by atoms with van der Waals surface area (Å²) in [5.74, 6) is -0.376. The summed E-state index contributed by atoms with van der Waals surface area (Å²) in [6.45, 7) is 0. The van der Waals surface area contributed by atoms with Gasteiger partial charge in [0.2, 0.25) is 5.91 Å². The molecule has 6 heteroatoms. The Hall–Kier alpha value is -0.880. The number of benzene rings is 1. The van der Waals surface area contributed by atoms with Crippen LogP contribution in [0.25, 0.3) is 0 Å². The minimum atomic E-state index is -3.56. The lowest BCUT2D eigenvalue weighted by Crippen LogP contribution is -2.57. The molecule has 90 valence electrons. The van der Waals surface area contributed by atoms with E-state index < -0.39 is 14.6 Å². The third-order valence-corrected chi connectivity index (χ3v) is 6.60. The summed E-state index contributed by atoms with van der Waals surface area (Å²) in [7, 11) is -3.56. The Balaban J connectivity index is 2.29. The quantitative estimate of drug-likeness (QED) is 0.797. The van der Waals surface area contributed by atoms with Gasteiger partial charge >= 0.3 is 0 Å². The van der Waals surface area contributed by atoms with Crippen molar-refractivity contribution in [3.8, 4) is 0 Å². The molecule has 0 atom stereocenters. The van der Waals surface area contributed by atoms with E-state index in [1.165, 1.54) is 0 Å². The van der Waals surface area contributed by atoms with Crippen LogP contribution in [0.3, 0.4) is 0 Å². The molecule has 1 aliphatic carbocycles. The van der Waals surface area contributed by atoms with Crippen molar-refractivity contribution < 1.29 is 13.2 Å². The lowest BCUT2D eigenvalue weighted by Gasteiger charge is -2.42. The Kier molecular flexibility index (Phi) is 2.19. The molecule has 2 aliphatic rings. The molecule has 1 aliphatic heterocycles. The van der Waals surface area contributed by atoms with Gasteiger partial charge in [-0.2, -0.15) is 0 Å². The van der Waals surface area contributed by atoms with E-state index in [4.69, 9.17) is 0 Å². The smallest absolute Gasteiger partial charge is 0.246 e. The zero-order chi connectivity index (χ0) is 12.3. The van der Waals surface area contributed by atoms with E-state index in [1.807, 2.05) is 0 Å². The van der Waals surface area contributed by atoms with Crippen LogP contribution in [0.4, 0.5) is 5.69 Å². The first-order valence-corrected chi connectivity index (χ1v) is 7.61. The maximum Gasteiger partial charge on any atom is 0.246 e. The number of nitrogens with one attached hydrogen (secondary N) is 1. The number of fused-ring (bicyclic) bond motifs is 1. The average Bonchev–Trinajstić information content (AvgIpc) is 2.17. The lowest BCUT2D eigenvalue weighted by atomic mass is 9.83. The first kappa shape index (κ1) is 11.2. The fraction of sp³-hybridized carbons (Fsp3) is 0.364. The Morgan fingerprint density at radius 3 is 2.59 bits per heavy atom. The third kappa shape index (κ3) is 1.28. The molecule has 1 aromatic rings. The van der Waals surface area contributed by atoms with Gasteiger partial charge in [0.25, 0.3) is 0 Å². The number of anilines is 1. The number of carbonyl (C=O) groups is 1. The van der Waals surface area contributed by atoms with Gasteiger partial charge in [-0.1, -0.05) is 15.9 Å². The van der Waals surface area contributed by atoms with Gasteiger partial charge in [0, 0.05) is 4.47 Å². The number of carbonyl (C=O) groups excluding carboxylic acids is 1. The predicted molar refractivity (Wildman–Crippen MR) is 66.5 cm³/mol. The molecule has 17 heavy (non-hydrogen) atoms. The van der Waals surface area contributed by atoms with Crippen molar-refractivity contribution in [3.05, 3.63) is 22.7 Å². The average molecular weight is 316 g/mol. The van der Waals surface area contributed by atoms with E-state index >= 15 is 0 Å². The minimum absolute atomic E-state index is 0.228. The van der Waals surface area contributed by atoms with Crippen molar-refractivity contribution in [2.24, 2.45) is 0 Å². The summed E-state index contributed by atoms with van der Waals surface area (Å²) in [6, 6.07) is 4.89. The normalized spacial score (nSPS) is 23.7. The van der Waals surface area contributed by atoms with E-state index in [0.29, 0.717) is 23.0 Å². The maximum absolute atomic E-state index is 12.5. The zero-order valence-electron chi connectivity index (χ0n) is 8.86. The van der Waals surface area contributed by atoms with Crippen LogP contribution in [-0.2, 0) is 14.6 Å². The number of sulfone groups is 1. The molecule has 1 fully saturated rings. The lowest BCUT2D eigenvalue weighted by molar-refractivity contribution is -0.120. The highest BCUT2D eigenvalue weighted by molar-refractivity contribution is 9.10. The summed E-state index contributed by atoms with van der Waals surface area (Å²) < 4.78 is 24.5. The van der Waals surface area contributed by atoms with Crippen LogP contribution >= 0.6 is 15.9 Å². The van der Waals surface area contributed by atoms with Gasteiger partial charge in [-0.25, -0.2) is 8.42 Å². The van der Waals surface area contributed by atoms with Crippen molar-refractivity contribution in [1.29, 1.82) is 0 Å². The number of rotatable bonds is 0. The molecule has 0 unspecified atom stereocenters. The van der Waals surface area contributed by atoms with E-state index in [0.717, 1.165) is 6.42 Å². The largest absolute Gasteiger partial charge is 0.324 e. The molecular formula is C11H10BrNO3S. The Labute approximate surface area is 107 Å². The van der Waals surface area contributed by atoms with Crippen LogP contribution in [0.1, 0.15) is 19.3 Å². The molecule has 0 bridgehead atoms. The van der Waals surface area contributed by atoms with Crippen LogP contribution < -0.4 is 5.32 Å². The summed E-state index contributed by atoms with van der Waals surface area (Å²) in [5.41, 5.74) is 0.385. The van der Waals surface area contributed by atoms with E-state index in [9.17, 15) is 13.2 Å². The predicted octanol–water partition coefficient (Wildman–Crippen LogP) is 2.10. The summed E-state index contributed by atoms with van der Waals surface area (Å²) in [5, 5.41) is 2.70. The van der Waals surface area contributed by atoms with E-state index in [-0.39, 0.29) is 10.8 Å². The second-order valence-electron chi connectivity index (χ2n) is 4.45. The van der Waals surface area contributed by atoms with Crippen molar-refractivity contribution in [3.63, 3.8) is 0 Å². The van der Waals surface area contributed by atoms with Crippen LogP contribution in [0.5, 0.6) is 0 Å². The van der Waals surface area contributed by atoms with Crippen LogP contribution in [0.2, 0.25) is 0 Å². The molecule has 0 radical (unpaired) electrons. The van der Waals surface area contributed by atoms with Gasteiger partial charge in [0.1, 0.15) is 0 Å². The van der Waals surface area contributed by atoms with Gasteiger partial charge in [-0.05, 0) is 37.5 Å². The first-order valence-electron chi connectivity index (χ1n) is 5.33. The Morgan fingerprint density at radius 2 is 2.00 bits per heavy atom. The Bertz CT molecular complexity index is 620. The second kappa shape index (κ2) is 3.32. The SMILES string of the molecule is O=C1Nc2ccc(Br)cc2S(=O)(=O)C12CCC2. The Morgan fingerprint density at radius 1 is 1.29 bits per heavy atom. The fourth-order valence-electron chi connectivity index (χ4n) is 2.38. The molecule has 4 nitrogen and oxygen atoms in total. The molecule has 1 spiro atoms. The highest BCUT2D eigenvalue weighted by Crippen LogP contribution is 2.48. The monoisotopic (exact) mass is 315 g/mol. The molecular weight excluding hydrogens is 306 g/mol. The summed E-state index contributed by atoms with van der Waals surface area (Å²) >= 11 is 3.26. The van der Waals surface area contributed by atoms with Crippen LogP contribution in [-0.4, -0.2) is 19.1 Å². The first-order chi connectivity index (χ1) is 7.97. The topological polar surface area (TPSA) is 63.2 Å². The molecule has 3 rings (SSSR count). The number of hydrogen-bond acceptors (Lipinski definition) is 3. The zero-order valence-corrected chi connectivity index (χ0v) is 11.3. The van der Waals surface area contributed by atoms with Crippen LogP contribution in [0, 0.1) is 0 Å². The standard InChI is InChI=1S/C11H10BrNO3S/c12-7-2-3-8-9(6-7)17(15,16)11(4-1-5-11)10(14)13-8/h2-3,6H,1,4-5H2,(H,13,14). The highest BCUT2D eigenvalue weighted by Gasteiger charge is 2.58. The molecule has 1 saturated carbocycles. The number of halogens is 1. The molecule has 1 N–H and O–H groups in total. The molecule has 1 aromatic carbocycles. The van der Waals surface area contributed by atoms with Crippen LogP contribution in [0.15, 0.2) is 27.6 Å². The highest BCUT2D eigenvalue weighted by atomic mass is 79.9. The molecule has 0 saturated heterocycles. The van der Waals surface area contributed by atoms with Gasteiger partial charge in [-0.15, -0.1) is 0 Å². The number of hydrogen-bond donors (Lipinski definition) is 1. The fourth-order valence-corrected chi connectivity index (χ4v) is 5.13. The van der Waals surface area contributed by atoms with E-state index in [2.05, 4.69) is 21.2 Å². The van der Waals surface area contributed by atoms with Gasteiger partial charge in [0.15, 0.2) is 14.6 Å². The summed E-state index contributed by atoms with van der Waals surface area (Å²) in [6.07, 6.45) is 1.64. The van der Waals surface area contributed by atoms with Crippen molar-refractivity contribution in [2.45, 2.75) is 28.9 Å². The number of amides is 1. The van der Waals surface area contributed by atoms with Crippen molar-refractivity contribution >= 4 is 37.4 Å². The van der Waals surface area contributed by atoms with Gasteiger partial charge in [-0.3, -0.25) is 4.79 Å². The van der Waals surface area contributed by atoms with E-state index in [1.54, 1.807) is 18.2 Å². The minimum Gasteiger partial charge on any atom is -0.324 e. The third-order valence-electron chi connectivity index (χ3n) is 3.57. The van der Waals surface area contributed by atoms with Crippen molar-refractivity contribution in [1.82, 2.24) is 0 Å². The van der Waals surface area contributed by atoms with Gasteiger partial charge < -0.3 is 5.32 Å². The van der Waals surface area contributed by atoms with Gasteiger partial charge in [0.05, 0.1) is 10.6 Å². The maximum atomic E-state index is 12.5. The molecule has 1 heterocycles. The molecule has 0 aromatic heterocycles. The second-order valence-corrected chi connectivity index (χ2v) is 7.59. The van der Waals surface area contributed by atoms with Crippen molar-refractivity contribution in [2.75, 3.05) is 5.32 Å².